The summed E-state index contributed by atoms with van der Waals surface area (Å²) in [6, 6.07) is 2.64. The highest BCUT2D eigenvalue weighted by Gasteiger charge is 2.30. The first kappa shape index (κ1) is 13.8. The van der Waals surface area contributed by atoms with Gasteiger partial charge in [0.15, 0.2) is 0 Å². The maximum atomic E-state index is 4.34. The highest BCUT2D eigenvalue weighted by Crippen LogP contribution is 2.37. The van der Waals surface area contributed by atoms with Crippen LogP contribution >= 0.6 is 11.8 Å². The Morgan fingerprint density at radius 1 is 1.44 bits per heavy atom. The van der Waals surface area contributed by atoms with Gasteiger partial charge in [-0.25, -0.2) is 9.97 Å². The van der Waals surface area contributed by atoms with Gasteiger partial charge in [-0.3, -0.25) is 0 Å². The zero-order chi connectivity index (χ0) is 12.8. The molecule has 1 heterocycles. The van der Waals surface area contributed by atoms with E-state index in [2.05, 4.69) is 29.3 Å². The molecule has 3 unspecified atom stereocenters. The van der Waals surface area contributed by atoms with Crippen LogP contribution in [0.4, 0.5) is 0 Å². The van der Waals surface area contributed by atoms with E-state index in [9.17, 15) is 0 Å². The highest BCUT2D eigenvalue weighted by molar-refractivity contribution is 7.99. The quantitative estimate of drug-likeness (QED) is 0.830. The molecule has 1 aliphatic carbocycles. The predicted octanol–water partition coefficient (Wildman–Crippen LogP) is 3.13. The summed E-state index contributed by atoms with van der Waals surface area (Å²) in [5, 5.41) is 5.23. The van der Waals surface area contributed by atoms with Crippen LogP contribution in [0.25, 0.3) is 0 Å². The first-order chi connectivity index (χ1) is 8.83. The minimum absolute atomic E-state index is 0.623. The zero-order valence-electron chi connectivity index (χ0n) is 11.3. The van der Waals surface area contributed by atoms with Gasteiger partial charge in [0.25, 0.3) is 0 Å². The molecule has 0 amide bonds. The summed E-state index contributed by atoms with van der Waals surface area (Å²) in [5.41, 5.74) is 0. The van der Waals surface area contributed by atoms with Crippen molar-refractivity contribution in [2.24, 2.45) is 5.92 Å². The number of hydrogen-bond donors (Lipinski definition) is 1. The summed E-state index contributed by atoms with van der Waals surface area (Å²) < 4.78 is 0. The van der Waals surface area contributed by atoms with Crippen LogP contribution in [0.3, 0.4) is 0 Å². The van der Waals surface area contributed by atoms with E-state index in [1.807, 2.05) is 24.0 Å². The number of nitrogens with zero attached hydrogens (tertiary/aromatic N) is 2. The normalized spacial score (nSPS) is 28.2. The molecule has 1 aromatic rings. The van der Waals surface area contributed by atoms with Gasteiger partial charge in [0.2, 0.25) is 0 Å². The van der Waals surface area contributed by atoms with Gasteiger partial charge in [0.05, 0.1) is 5.03 Å². The molecular weight excluding hydrogens is 242 g/mol. The molecule has 0 radical (unpaired) electrons. The number of nitrogens with one attached hydrogen (secondary N) is 1. The van der Waals surface area contributed by atoms with E-state index < -0.39 is 0 Å². The molecule has 1 saturated carbocycles. The van der Waals surface area contributed by atoms with E-state index in [1.54, 1.807) is 6.33 Å². The zero-order valence-corrected chi connectivity index (χ0v) is 12.1. The van der Waals surface area contributed by atoms with E-state index in [0.717, 1.165) is 10.9 Å². The molecule has 18 heavy (non-hydrogen) atoms. The van der Waals surface area contributed by atoms with Crippen LogP contribution in [0.15, 0.2) is 23.6 Å². The smallest absolute Gasteiger partial charge is 0.116 e. The van der Waals surface area contributed by atoms with Crippen molar-refractivity contribution >= 4 is 11.8 Å². The number of thioether (sulfide) groups is 1. The molecule has 1 fully saturated rings. The second-order valence-corrected chi connectivity index (χ2v) is 6.33. The lowest BCUT2D eigenvalue weighted by atomic mass is 9.83. The molecule has 100 valence electrons. The van der Waals surface area contributed by atoms with E-state index in [1.165, 1.54) is 32.1 Å². The topological polar surface area (TPSA) is 37.8 Å². The van der Waals surface area contributed by atoms with Crippen molar-refractivity contribution in [3.63, 3.8) is 0 Å². The summed E-state index contributed by atoms with van der Waals surface area (Å²) in [5.74, 6) is 0.902. The van der Waals surface area contributed by atoms with Gasteiger partial charge < -0.3 is 5.32 Å². The van der Waals surface area contributed by atoms with Gasteiger partial charge in [-0.15, -0.1) is 11.8 Å². The predicted molar refractivity (Wildman–Crippen MR) is 76.8 cm³/mol. The lowest BCUT2D eigenvalue weighted by Crippen LogP contribution is -2.40. The third kappa shape index (κ3) is 3.69. The summed E-state index contributed by atoms with van der Waals surface area (Å²) in [6.45, 7) is 2.29. The number of hydrogen-bond acceptors (Lipinski definition) is 4. The summed E-state index contributed by atoms with van der Waals surface area (Å²) in [7, 11) is 2.08. The minimum atomic E-state index is 0.623. The van der Waals surface area contributed by atoms with Gasteiger partial charge in [-0.2, -0.15) is 0 Å². The van der Waals surface area contributed by atoms with Gasteiger partial charge in [-0.05, 0) is 38.3 Å². The van der Waals surface area contributed by atoms with Crippen molar-refractivity contribution in [2.45, 2.75) is 55.3 Å². The lowest BCUT2D eigenvalue weighted by molar-refractivity contribution is 0.295. The molecule has 2 rings (SSSR count). The van der Waals surface area contributed by atoms with Gasteiger partial charge in [0, 0.05) is 17.5 Å². The fourth-order valence-corrected chi connectivity index (χ4v) is 4.21. The fraction of sp³-hybridized carbons (Fsp3) is 0.714. The molecule has 0 spiro atoms. The molecule has 0 aliphatic heterocycles. The second-order valence-electron chi connectivity index (χ2n) is 5.07. The van der Waals surface area contributed by atoms with Gasteiger partial charge >= 0.3 is 0 Å². The van der Waals surface area contributed by atoms with Crippen LogP contribution in [0, 0.1) is 5.92 Å². The molecule has 1 N–H and O–H groups in total. The number of rotatable bonds is 5. The van der Waals surface area contributed by atoms with E-state index in [-0.39, 0.29) is 0 Å². The van der Waals surface area contributed by atoms with E-state index in [4.69, 9.17) is 0 Å². The average Bonchev–Trinajstić information content (AvgIpc) is 2.41. The van der Waals surface area contributed by atoms with Crippen molar-refractivity contribution in [3.8, 4) is 0 Å². The standard InChI is InChI=1S/C14H23N3S/c1-3-4-11-5-6-12(15-2)13(9-11)18-14-7-8-16-10-17-14/h7-8,10-13,15H,3-6,9H2,1-2H3. The lowest BCUT2D eigenvalue weighted by Gasteiger charge is -2.35. The molecule has 0 aromatic carbocycles. The molecule has 3 atom stereocenters. The SMILES string of the molecule is CCCC1CCC(NC)C(Sc2ccncn2)C1. The first-order valence-corrected chi connectivity index (χ1v) is 7.81. The minimum Gasteiger partial charge on any atom is -0.316 e. The average molecular weight is 265 g/mol. The summed E-state index contributed by atoms with van der Waals surface area (Å²) >= 11 is 1.91. The number of aromatic nitrogens is 2. The van der Waals surface area contributed by atoms with Gasteiger partial charge in [-0.1, -0.05) is 19.8 Å². The fourth-order valence-electron chi connectivity index (χ4n) is 2.85. The van der Waals surface area contributed by atoms with Crippen molar-refractivity contribution in [1.29, 1.82) is 0 Å². The van der Waals surface area contributed by atoms with Crippen LogP contribution in [0.5, 0.6) is 0 Å². The third-order valence-corrected chi connectivity index (χ3v) is 5.10. The van der Waals surface area contributed by atoms with E-state index in [0.29, 0.717) is 11.3 Å². The van der Waals surface area contributed by atoms with Crippen LogP contribution < -0.4 is 5.32 Å². The summed E-state index contributed by atoms with van der Waals surface area (Å²) in [6.07, 6.45) is 10.1. The molecule has 1 aliphatic rings. The van der Waals surface area contributed by atoms with Crippen molar-refractivity contribution in [3.05, 3.63) is 18.6 Å². The Bertz CT molecular complexity index is 344. The molecule has 1 aromatic heterocycles. The monoisotopic (exact) mass is 265 g/mol. The first-order valence-electron chi connectivity index (χ1n) is 6.93. The van der Waals surface area contributed by atoms with Crippen molar-refractivity contribution < 1.29 is 0 Å². The van der Waals surface area contributed by atoms with Crippen molar-refractivity contribution in [2.75, 3.05) is 7.05 Å². The van der Waals surface area contributed by atoms with Crippen molar-refractivity contribution in [1.82, 2.24) is 15.3 Å². The molecule has 0 bridgehead atoms. The molecule has 3 nitrogen and oxygen atoms in total. The van der Waals surface area contributed by atoms with Gasteiger partial charge in [0.1, 0.15) is 6.33 Å². The van der Waals surface area contributed by atoms with Crippen LogP contribution in [0.1, 0.15) is 39.0 Å². The molecule has 4 heteroatoms. The maximum absolute atomic E-state index is 4.34. The Morgan fingerprint density at radius 2 is 2.33 bits per heavy atom. The highest BCUT2D eigenvalue weighted by atomic mass is 32.2. The summed E-state index contributed by atoms with van der Waals surface area (Å²) in [4.78, 5) is 8.32. The van der Waals surface area contributed by atoms with Crippen LogP contribution in [-0.4, -0.2) is 28.3 Å². The Morgan fingerprint density at radius 3 is 3.00 bits per heavy atom. The van der Waals surface area contributed by atoms with E-state index >= 15 is 0 Å². The largest absolute Gasteiger partial charge is 0.316 e. The molecular formula is C14H23N3S. The Balaban J connectivity index is 1.98. The second kappa shape index (κ2) is 7.10. The third-order valence-electron chi connectivity index (χ3n) is 3.80. The maximum Gasteiger partial charge on any atom is 0.116 e. The molecule has 0 saturated heterocycles. The Labute approximate surface area is 114 Å². The Kier molecular flexibility index (Phi) is 5.45. The Hall–Kier alpha value is -0.610. The van der Waals surface area contributed by atoms with Crippen LogP contribution in [0.2, 0.25) is 0 Å². The van der Waals surface area contributed by atoms with Crippen LogP contribution in [-0.2, 0) is 0 Å².